The third-order valence-electron chi connectivity index (χ3n) is 8.11. The quantitative estimate of drug-likeness (QED) is 0.339. The molecule has 6 nitrogen and oxygen atoms in total. The summed E-state index contributed by atoms with van der Waals surface area (Å²) in [6.45, 7) is 10.4. The molecule has 0 bridgehead atoms. The van der Waals surface area contributed by atoms with Crippen LogP contribution in [0.4, 0.5) is 0 Å². The second-order valence-corrected chi connectivity index (χ2v) is 14.2. The van der Waals surface area contributed by atoms with Crippen molar-refractivity contribution in [3.8, 4) is 11.4 Å². The highest BCUT2D eigenvalue weighted by atomic mass is 28.4. The molecule has 2 aliphatic rings. The van der Waals surface area contributed by atoms with Gasteiger partial charge in [0.2, 0.25) is 0 Å². The minimum absolute atomic E-state index is 0.0181. The summed E-state index contributed by atoms with van der Waals surface area (Å²) in [5, 5.41) is 1.05. The molecule has 0 N–H and O–H groups in total. The van der Waals surface area contributed by atoms with Crippen LogP contribution >= 0.6 is 0 Å². The Hall–Kier alpha value is -2.77. The first kappa shape index (κ1) is 23.0. The van der Waals surface area contributed by atoms with Crippen molar-refractivity contribution in [2.75, 3.05) is 0 Å². The van der Waals surface area contributed by atoms with E-state index in [1.165, 1.54) is 0 Å². The molecule has 0 saturated carbocycles. The lowest BCUT2D eigenvalue weighted by atomic mass is 9.86. The van der Waals surface area contributed by atoms with Gasteiger partial charge in [-0.05, 0) is 49.7 Å². The molecule has 0 radical (unpaired) electrons. The van der Waals surface area contributed by atoms with Gasteiger partial charge in [-0.2, -0.15) is 0 Å². The highest BCUT2D eigenvalue weighted by molar-refractivity contribution is 6.73. The number of benzene rings is 1. The van der Waals surface area contributed by atoms with Gasteiger partial charge in [0, 0.05) is 16.5 Å². The van der Waals surface area contributed by atoms with E-state index >= 15 is 0 Å². The molecule has 1 unspecified atom stereocenters. The Bertz CT molecular complexity index is 1350. The van der Waals surface area contributed by atoms with Crippen LogP contribution in [0.5, 0.6) is 0 Å². The Kier molecular flexibility index (Phi) is 5.52. The van der Waals surface area contributed by atoms with Gasteiger partial charge in [-0.25, -0.2) is 9.78 Å². The van der Waals surface area contributed by atoms with E-state index in [0.29, 0.717) is 17.5 Å². The number of fused-ring (bicyclic) bond motifs is 5. The minimum atomic E-state index is -2.20. The lowest BCUT2D eigenvalue weighted by Gasteiger charge is -2.43. The van der Waals surface area contributed by atoms with E-state index in [2.05, 4.69) is 26.8 Å². The van der Waals surface area contributed by atoms with E-state index in [1.54, 1.807) is 4.57 Å². The molecule has 3 aromatic rings. The van der Waals surface area contributed by atoms with Gasteiger partial charge >= 0.3 is 5.97 Å². The van der Waals surface area contributed by atoms with Crippen LogP contribution in [0.1, 0.15) is 63.8 Å². The molecule has 0 aliphatic carbocycles. The van der Waals surface area contributed by atoms with Gasteiger partial charge in [-0.3, -0.25) is 9.36 Å². The third-order valence-corrected chi connectivity index (χ3v) is 12.8. The number of pyridine rings is 2. The molecule has 5 rings (SSSR count). The normalized spacial score (nSPS) is 21.2. The number of ether oxygens (including phenoxy) is 1. The maximum absolute atomic E-state index is 13.9. The fraction of sp³-hybridized carbons (Fsp3) is 0.444. The number of hydrogen-bond donors (Lipinski definition) is 0. The van der Waals surface area contributed by atoms with Crippen molar-refractivity contribution < 1.29 is 14.0 Å². The van der Waals surface area contributed by atoms with Crippen LogP contribution in [0.15, 0.2) is 41.2 Å². The van der Waals surface area contributed by atoms with E-state index in [4.69, 9.17) is 14.1 Å². The van der Waals surface area contributed by atoms with Crippen LogP contribution in [-0.4, -0.2) is 23.8 Å². The maximum Gasteiger partial charge on any atom is 0.342 e. The molecule has 2 aromatic heterocycles. The summed E-state index contributed by atoms with van der Waals surface area (Å²) in [4.78, 5) is 32.2. The molecule has 7 heteroatoms. The highest BCUT2D eigenvalue weighted by Gasteiger charge is 2.52. The summed E-state index contributed by atoms with van der Waals surface area (Å²) in [5.41, 5.74) is 3.30. The van der Waals surface area contributed by atoms with Crippen molar-refractivity contribution in [1.82, 2.24) is 9.55 Å². The van der Waals surface area contributed by atoms with Crippen LogP contribution in [0, 0.1) is 0 Å². The largest absolute Gasteiger partial charge is 0.458 e. The Morgan fingerprint density at radius 2 is 1.82 bits per heavy atom. The van der Waals surface area contributed by atoms with Gasteiger partial charge in [-0.15, -0.1) is 0 Å². The van der Waals surface area contributed by atoms with Crippen LogP contribution in [0.3, 0.4) is 0 Å². The molecule has 2 atom stereocenters. The predicted octanol–water partition coefficient (Wildman–Crippen LogP) is 5.67. The number of nitrogens with zero attached hydrogens (tertiary/aromatic N) is 2. The number of hydrogen-bond acceptors (Lipinski definition) is 5. The summed E-state index contributed by atoms with van der Waals surface area (Å²) in [6.07, 6.45) is 0.421. The molecule has 34 heavy (non-hydrogen) atoms. The summed E-state index contributed by atoms with van der Waals surface area (Å²) in [6, 6.07) is 14.7. The van der Waals surface area contributed by atoms with Gasteiger partial charge in [0.1, 0.15) is 6.61 Å². The van der Waals surface area contributed by atoms with Gasteiger partial charge in [0.25, 0.3) is 5.56 Å². The average Bonchev–Trinajstić information content (AvgIpc) is 3.14. The first-order valence-electron chi connectivity index (χ1n) is 12.4. The molecule has 178 valence electrons. The van der Waals surface area contributed by atoms with E-state index < -0.39 is 13.9 Å². The van der Waals surface area contributed by atoms with Crippen molar-refractivity contribution >= 4 is 25.2 Å². The van der Waals surface area contributed by atoms with Crippen molar-refractivity contribution in [3.05, 3.63) is 63.4 Å². The lowest BCUT2D eigenvalue weighted by Crippen LogP contribution is -2.53. The van der Waals surface area contributed by atoms with Crippen molar-refractivity contribution in [2.24, 2.45) is 0 Å². The van der Waals surface area contributed by atoms with E-state index in [1.807, 2.05) is 44.2 Å². The second-order valence-electron chi connectivity index (χ2n) is 9.49. The maximum atomic E-state index is 13.9. The average molecular weight is 477 g/mol. The Labute approximate surface area is 201 Å². The number of carbonyl (C=O) groups excluding carboxylic acids is 1. The SMILES string of the molecule is CC[C@@]1(O[Si](CC)(CC)CC)C(=O)OCc2c1cc1n(c2=O)C(C)c2cc3ccccc3nc2-1. The van der Waals surface area contributed by atoms with E-state index in [9.17, 15) is 9.59 Å². The highest BCUT2D eigenvalue weighted by Crippen LogP contribution is 2.45. The summed E-state index contributed by atoms with van der Waals surface area (Å²) >= 11 is 0. The molecular formula is C27H32N2O4Si. The van der Waals surface area contributed by atoms with Crippen LogP contribution in [0.2, 0.25) is 18.1 Å². The van der Waals surface area contributed by atoms with E-state index in [0.717, 1.165) is 46.0 Å². The lowest BCUT2D eigenvalue weighted by molar-refractivity contribution is -0.170. The van der Waals surface area contributed by atoms with E-state index in [-0.39, 0.29) is 24.2 Å². The first-order chi connectivity index (χ1) is 16.3. The zero-order valence-electron chi connectivity index (χ0n) is 20.6. The fourth-order valence-electron chi connectivity index (χ4n) is 5.73. The zero-order chi connectivity index (χ0) is 24.3. The first-order valence-corrected chi connectivity index (χ1v) is 14.9. The number of cyclic esters (lactones) is 1. The van der Waals surface area contributed by atoms with Crippen LogP contribution < -0.4 is 5.56 Å². The molecule has 0 fully saturated rings. The van der Waals surface area contributed by atoms with Crippen LogP contribution in [0.25, 0.3) is 22.3 Å². The molecular weight excluding hydrogens is 444 g/mol. The van der Waals surface area contributed by atoms with Crippen molar-refractivity contribution in [1.29, 1.82) is 0 Å². The molecule has 0 spiro atoms. The zero-order valence-corrected chi connectivity index (χ0v) is 21.6. The smallest absolute Gasteiger partial charge is 0.342 e. The number of carbonyl (C=O) groups is 1. The fourth-order valence-corrected chi connectivity index (χ4v) is 8.74. The van der Waals surface area contributed by atoms with Gasteiger partial charge < -0.3 is 9.16 Å². The van der Waals surface area contributed by atoms with Gasteiger partial charge in [0.05, 0.1) is 28.5 Å². The van der Waals surface area contributed by atoms with Crippen molar-refractivity contribution in [2.45, 2.75) is 77.4 Å². The minimum Gasteiger partial charge on any atom is -0.458 e. The monoisotopic (exact) mass is 476 g/mol. The Morgan fingerprint density at radius 1 is 1.12 bits per heavy atom. The van der Waals surface area contributed by atoms with Crippen molar-refractivity contribution in [3.63, 3.8) is 0 Å². The second kappa shape index (κ2) is 8.17. The standard InChI is InChI=1S/C27H32N2O4Si/c1-6-27(33-34(7-2,8-3)9-4)21-15-23-24-19(14-18-12-10-11-13-22(18)28-24)17(5)29(23)25(30)20(21)16-32-26(27)31/h10-15,17H,6-9,16H2,1-5H3/t17?,27-/m0/s1. The third kappa shape index (κ3) is 3.06. The number of aromatic nitrogens is 2. The predicted molar refractivity (Wildman–Crippen MR) is 135 cm³/mol. The molecule has 4 heterocycles. The number of esters is 1. The summed E-state index contributed by atoms with van der Waals surface area (Å²) in [7, 11) is -2.20. The summed E-state index contributed by atoms with van der Waals surface area (Å²) < 4.78 is 14.3. The molecule has 0 saturated heterocycles. The Morgan fingerprint density at radius 3 is 2.50 bits per heavy atom. The Balaban J connectivity index is 1.78. The number of rotatable bonds is 6. The van der Waals surface area contributed by atoms with Gasteiger partial charge in [0.15, 0.2) is 13.9 Å². The topological polar surface area (TPSA) is 70.4 Å². The summed E-state index contributed by atoms with van der Waals surface area (Å²) in [5.74, 6) is -0.378. The molecule has 0 amide bonds. The molecule has 2 aliphatic heterocycles. The van der Waals surface area contributed by atoms with Gasteiger partial charge in [-0.1, -0.05) is 45.9 Å². The van der Waals surface area contributed by atoms with Crippen LogP contribution in [-0.2, 0) is 26.2 Å². The number of para-hydroxylation sites is 1. The molecule has 1 aromatic carbocycles.